The molecule has 0 aromatic heterocycles. The number of benzene rings is 2. The van der Waals surface area contributed by atoms with Crippen LogP contribution in [0.2, 0.25) is 0 Å². The molecular weight excluding hydrogens is 290 g/mol. The van der Waals surface area contributed by atoms with E-state index in [9.17, 15) is 14.9 Å². The third kappa shape index (κ3) is 4.83. The van der Waals surface area contributed by atoms with Crippen molar-refractivity contribution in [1.82, 2.24) is 0 Å². The lowest BCUT2D eigenvalue weighted by Crippen LogP contribution is -2.13. The minimum Gasteiger partial charge on any atom is -0.326 e. The maximum absolute atomic E-state index is 12.1. The third-order valence-electron chi connectivity index (χ3n) is 2.94. The molecular formula is C18H15N3O2. The number of nitrogens with zero attached hydrogens (tertiary/aromatic N) is 1. The van der Waals surface area contributed by atoms with Crippen molar-refractivity contribution in [2.24, 2.45) is 0 Å². The average Bonchev–Trinajstić information content (AvgIpc) is 2.54. The average molecular weight is 305 g/mol. The smallest absolute Gasteiger partial charge is 0.266 e. The van der Waals surface area contributed by atoms with E-state index >= 15 is 0 Å². The van der Waals surface area contributed by atoms with Crippen molar-refractivity contribution in [3.63, 3.8) is 0 Å². The molecule has 0 heterocycles. The number of rotatable bonds is 4. The van der Waals surface area contributed by atoms with Crippen LogP contribution >= 0.6 is 0 Å². The quantitative estimate of drug-likeness (QED) is 0.672. The highest BCUT2D eigenvalue weighted by Crippen LogP contribution is 2.14. The Morgan fingerprint density at radius 3 is 2.13 bits per heavy atom. The number of hydrogen-bond donors (Lipinski definition) is 2. The summed E-state index contributed by atoms with van der Waals surface area (Å²) >= 11 is 0. The Morgan fingerprint density at radius 2 is 1.57 bits per heavy atom. The molecule has 0 unspecified atom stereocenters. The molecule has 0 aliphatic heterocycles. The summed E-state index contributed by atoms with van der Waals surface area (Å²) in [4.78, 5) is 23.1. The molecule has 0 saturated heterocycles. The van der Waals surface area contributed by atoms with Crippen LogP contribution in [-0.2, 0) is 9.59 Å². The van der Waals surface area contributed by atoms with Gasteiger partial charge in [0.15, 0.2) is 0 Å². The minimum absolute atomic E-state index is 0.00105. The van der Waals surface area contributed by atoms with Crippen molar-refractivity contribution >= 4 is 29.3 Å². The molecule has 2 aromatic carbocycles. The zero-order valence-corrected chi connectivity index (χ0v) is 12.5. The van der Waals surface area contributed by atoms with Crippen molar-refractivity contribution in [2.45, 2.75) is 6.92 Å². The fourth-order valence-electron chi connectivity index (χ4n) is 1.90. The molecule has 0 radical (unpaired) electrons. The van der Waals surface area contributed by atoms with Crippen molar-refractivity contribution in [2.75, 3.05) is 10.6 Å². The first-order valence-electron chi connectivity index (χ1n) is 6.94. The second-order valence-corrected chi connectivity index (χ2v) is 4.79. The van der Waals surface area contributed by atoms with Gasteiger partial charge in [0.2, 0.25) is 5.91 Å². The highest BCUT2D eigenvalue weighted by atomic mass is 16.2. The molecule has 0 saturated carbocycles. The lowest BCUT2D eigenvalue weighted by molar-refractivity contribution is -0.114. The Hall–Kier alpha value is -3.39. The van der Waals surface area contributed by atoms with Gasteiger partial charge in [0, 0.05) is 18.3 Å². The van der Waals surface area contributed by atoms with Crippen molar-refractivity contribution in [1.29, 1.82) is 5.26 Å². The molecule has 5 heteroatoms. The summed E-state index contributed by atoms with van der Waals surface area (Å²) in [5, 5.41) is 14.5. The molecule has 5 nitrogen and oxygen atoms in total. The number of nitrogens with one attached hydrogen (secondary N) is 2. The van der Waals surface area contributed by atoms with Crippen molar-refractivity contribution < 1.29 is 9.59 Å². The van der Waals surface area contributed by atoms with Crippen LogP contribution < -0.4 is 10.6 Å². The van der Waals surface area contributed by atoms with Crippen LogP contribution in [0.4, 0.5) is 11.4 Å². The molecule has 0 atom stereocenters. The van der Waals surface area contributed by atoms with Crippen molar-refractivity contribution in [3.8, 4) is 6.07 Å². The molecule has 2 aromatic rings. The Kier molecular flexibility index (Phi) is 5.26. The molecule has 2 amide bonds. The van der Waals surface area contributed by atoms with E-state index in [0.29, 0.717) is 16.9 Å². The number of carbonyl (C=O) groups is 2. The molecule has 0 bridgehead atoms. The summed E-state index contributed by atoms with van der Waals surface area (Å²) in [6.45, 7) is 1.43. The second-order valence-electron chi connectivity index (χ2n) is 4.79. The van der Waals surface area contributed by atoms with Gasteiger partial charge in [0.25, 0.3) is 5.91 Å². The molecule has 0 fully saturated rings. The summed E-state index contributed by atoms with van der Waals surface area (Å²) < 4.78 is 0. The fraction of sp³-hybridized carbons (Fsp3) is 0.0556. The first kappa shape index (κ1) is 16.0. The first-order valence-corrected chi connectivity index (χ1v) is 6.94. The maximum Gasteiger partial charge on any atom is 0.266 e. The fourth-order valence-corrected chi connectivity index (χ4v) is 1.90. The molecule has 114 valence electrons. The largest absolute Gasteiger partial charge is 0.326 e. The lowest BCUT2D eigenvalue weighted by atomic mass is 10.1. The van der Waals surface area contributed by atoms with Crippen molar-refractivity contribution in [3.05, 3.63) is 65.7 Å². The summed E-state index contributed by atoms with van der Waals surface area (Å²) in [6.07, 6.45) is 1.50. The predicted octanol–water partition coefficient (Wildman–Crippen LogP) is 3.19. The molecule has 0 aliphatic rings. The third-order valence-corrected chi connectivity index (χ3v) is 2.94. The van der Waals surface area contributed by atoms with Crippen LogP contribution in [0.5, 0.6) is 0 Å². The van der Waals surface area contributed by atoms with Gasteiger partial charge in [0.05, 0.1) is 0 Å². The highest BCUT2D eigenvalue weighted by Gasteiger charge is 2.09. The van der Waals surface area contributed by atoms with E-state index in [1.165, 1.54) is 13.0 Å². The van der Waals surface area contributed by atoms with E-state index in [4.69, 9.17) is 0 Å². The monoisotopic (exact) mass is 305 g/mol. The SMILES string of the molecule is CC(=O)Nc1ccc(/C=C(\C#N)C(=O)Nc2ccccc2)cc1. The minimum atomic E-state index is -0.468. The number of hydrogen-bond acceptors (Lipinski definition) is 3. The molecule has 2 rings (SSSR count). The molecule has 0 aliphatic carbocycles. The van der Waals surface area contributed by atoms with Gasteiger partial charge in [-0.2, -0.15) is 5.26 Å². The van der Waals surface area contributed by atoms with Gasteiger partial charge in [-0.1, -0.05) is 30.3 Å². The van der Waals surface area contributed by atoms with E-state index in [2.05, 4.69) is 10.6 Å². The number of carbonyl (C=O) groups excluding carboxylic acids is 2. The summed E-state index contributed by atoms with van der Waals surface area (Å²) in [6, 6.07) is 17.7. The zero-order chi connectivity index (χ0) is 16.7. The molecule has 23 heavy (non-hydrogen) atoms. The van der Waals surface area contributed by atoms with Gasteiger partial charge < -0.3 is 10.6 Å². The van der Waals surface area contributed by atoms with E-state index < -0.39 is 5.91 Å². The van der Waals surface area contributed by atoms with Gasteiger partial charge in [-0.25, -0.2) is 0 Å². The molecule has 0 spiro atoms. The standard InChI is InChI=1S/C18H15N3O2/c1-13(22)20-17-9-7-14(8-10-17)11-15(12-19)18(23)21-16-5-3-2-4-6-16/h2-11H,1H3,(H,20,22)(H,21,23)/b15-11+. The van der Waals surface area contributed by atoms with E-state index in [0.717, 1.165) is 0 Å². The van der Waals surface area contributed by atoms with E-state index in [1.807, 2.05) is 12.1 Å². The second kappa shape index (κ2) is 7.57. The zero-order valence-electron chi connectivity index (χ0n) is 12.5. The maximum atomic E-state index is 12.1. The van der Waals surface area contributed by atoms with Gasteiger partial charge in [-0.3, -0.25) is 9.59 Å². The Bertz CT molecular complexity index is 772. The van der Waals surface area contributed by atoms with Crippen LogP contribution in [0.1, 0.15) is 12.5 Å². The number of para-hydroxylation sites is 1. The first-order chi connectivity index (χ1) is 11.1. The van der Waals surface area contributed by atoms with Crippen LogP contribution in [0.25, 0.3) is 6.08 Å². The van der Waals surface area contributed by atoms with Gasteiger partial charge >= 0.3 is 0 Å². The lowest BCUT2D eigenvalue weighted by Gasteiger charge is -2.04. The Balaban J connectivity index is 2.13. The summed E-state index contributed by atoms with van der Waals surface area (Å²) in [7, 11) is 0. The van der Waals surface area contributed by atoms with Crippen LogP contribution in [-0.4, -0.2) is 11.8 Å². The van der Waals surface area contributed by atoms with Gasteiger partial charge in [0.1, 0.15) is 11.6 Å². The van der Waals surface area contributed by atoms with Crippen LogP contribution in [0.3, 0.4) is 0 Å². The van der Waals surface area contributed by atoms with Gasteiger partial charge in [-0.05, 0) is 35.9 Å². The normalized spacial score (nSPS) is 10.5. The number of nitriles is 1. The number of anilines is 2. The van der Waals surface area contributed by atoms with Gasteiger partial charge in [-0.15, -0.1) is 0 Å². The Labute approximate surface area is 134 Å². The highest BCUT2D eigenvalue weighted by molar-refractivity contribution is 6.09. The summed E-state index contributed by atoms with van der Waals surface area (Å²) in [5.74, 6) is -0.627. The van der Waals surface area contributed by atoms with Crippen LogP contribution in [0, 0.1) is 11.3 Å². The number of amides is 2. The summed E-state index contributed by atoms with van der Waals surface area (Å²) in [5.41, 5.74) is 1.97. The van der Waals surface area contributed by atoms with E-state index in [1.54, 1.807) is 48.5 Å². The Morgan fingerprint density at radius 1 is 0.957 bits per heavy atom. The molecule has 2 N–H and O–H groups in total. The van der Waals surface area contributed by atoms with E-state index in [-0.39, 0.29) is 11.5 Å². The topological polar surface area (TPSA) is 82.0 Å². The van der Waals surface area contributed by atoms with Crippen LogP contribution in [0.15, 0.2) is 60.2 Å². The predicted molar refractivity (Wildman–Crippen MR) is 89.4 cm³/mol.